The van der Waals surface area contributed by atoms with Crippen molar-refractivity contribution in [3.8, 4) is 0 Å². The zero-order chi connectivity index (χ0) is 13.7. The molecule has 0 aromatic heterocycles. The topological polar surface area (TPSA) is 3.24 Å². The molecule has 0 heterocycles. The summed E-state index contributed by atoms with van der Waals surface area (Å²) in [6.07, 6.45) is 0. The molecule has 2 rings (SSSR count). The Balaban J connectivity index is 2.09. The van der Waals surface area contributed by atoms with Crippen LogP contribution < -0.4 is 0 Å². The lowest BCUT2D eigenvalue weighted by Crippen LogP contribution is -2.23. The van der Waals surface area contributed by atoms with Crippen LogP contribution in [0.3, 0.4) is 0 Å². The van der Waals surface area contributed by atoms with Crippen LogP contribution in [0, 0.1) is 7.14 Å². The van der Waals surface area contributed by atoms with E-state index >= 15 is 0 Å². The summed E-state index contributed by atoms with van der Waals surface area (Å²) in [5.74, 6) is 0. The van der Waals surface area contributed by atoms with Gasteiger partial charge in [0.05, 0.1) is 0 Å². The average molecular weight is 477 g/mol. The Labute approximate surface area is 142 Å². The van der Waals surface area contributed by atoms with Crippen LogP contribution in [0.2, 0.25) is 0 Å². The van der Waals surface area contributed by atoms with Crippen molar-refractivity contribution in [2.75, 3.05) is 6.54 Å². The Hall–Kier alpha value is -0.140. The minimum absolute atomic E-state index is 1.01. The lowest BCUT2D eigenvalue weighted by atomic mass is 10.1. The van der Waals surface area contributed by atoms with E-state index in [1.165, 1.54) is 18.3 Å². The first-order valence-corrected chi connectivity index (χ1v) is 8.55. The van der Waals surface area contributed by atoms with Crippen LogP contribution in [0.25, 0.3) is 0 Å². The number of benzene rings is 2. The summed E-state index contributed by atoms with van der Waals surface area (Å²) in [7, 11) is 0. The fourth-order valence-electron chi connectivity index (χ4n) is 2.01. The normalized spacial score (nSPS) is 10.9. The van der Waals surface area contributed by atoms with Crippen molar-refractivity contribution in [2.45, 2.75) is 20.0 Å². The molecule has 2 aromatic rings. The zero-order valence-electron chi connectivity index (χ0n) is 10.9. The predicted molar refractivity (Wildman–Crippen MR) is 98.1 cm³/mol. The number of rotatable bonds is 5. The molecule has 0 unspecified atom stereocenters. The van der Waals surface area contributed by atoms with E-state index in [-0.39, 0.29) is 0 Å². The lowest BCUT2D eigenvalue weighted by molar-refractivity contribution is 0.270. The maximum absolute atomic E-state index is 2.48. The van der Waals surface area contributed by atoms with Gasteiger partial charge in [-0.25, -0.2) is 0 Å². The van der Waals surface area contributed by atoms with E-state index in [9.17, 15) is 0 Å². The summed E-state index contributed by atoms with van der Waals surface area (Å²) >= 11 is 4.84. The van der Waals surface area contributed by atoms with Gasteiger partial charge in [-0.15, -0.1) is 0 Å². The molecule has 0 aliphatic rings. The molecule has 0 bridgehead atoms. The second kappa shape index (κ2) is 7.59. The van der Waals surface area contributed by atoms with E-state index in [0.717, 1.165) is 19.6 Å². The van der Waals surface area contributed by atoms with E-state index < -0.39 is 0 Å². The molecule has 0 spiro atoms. The fourth-order valence-corrected chi connectivity index (χ4v) is 3.13. The standard InChI is InChI=1S/C16H17I2N/c1-2-19(11-13-7-3-5-9-15(13)17)12-14-8-4-6-10-16(14)18/h3-10H,2,11-12H2,1H3. The van der Waals surface area contributed by atoms with Gasteiger partial charge in [-0.1, -0.05) is 43.3 Å². The van der Waals surface area contributed by atoms with Gasteiger partial charge in [0.1, 0.15) is 0 Å². The highest BCUT2D eigenvalue weighted by Gasteiger charge is 2.08. The Kier molecular flexibility index (Phi) is 6.09. The first kappa shape index (κ1) is 15.3. The van der Waals surface area contributed by atoms with E-state index in [1.807, 2.05) is 0 Å². The zero-order valence-corrected chi connectivity index (χ0v) is 15.3. The third kappa shape index (κ3) is 4.43. The summed E-state index contributed by atoms with van der Waals surface area (Å²) in [4.78, 5) is 2.48. The molecule has 0 radical (unpaired) electrons. The smallest absolute Gasteiger partial charge is 0.0247 e. The molecule has 2 aromatic carbocycles. The van der Waals surface area contributed by atoms with Gasteiger partial charge in [0.25, 0.3) is 0 Å². The Bertz CT molecular complexity index is 492. The summed E-state index contributed by atoms with van der Waals surface area (Å²) in [6, 6.07) is 17.2. The van der Waals surface area contributed by atoms with Crippen LogP contribution in [0.15, 0.2) is 48.5 Å². The van der Waals surface area contributed by atoms with Gasteiger partial charge in [0.15, 0.2) is 0 Å². The highest BCUT2D eigenvalue weighted by atomic mass is 127. The molecule has 100 valence electrons. The predicted octanol–water partition coefficient (Wildman–Crippen LogP) is 4.92. The largest absolute Gasteiger partial charge is 0.295 e. The Morgan fingerprint density at radius 3 is 1.58 bits per heavy atom. The highest BCUT2D eigenvalue weighted by molar-refractivity contribution is 14.1. The molecule has 0 aliphatic carbocycles. The molecule has 0 amide bonds. The molecule has 3 heteroatoms. The van der Waals surface area contributed by atoms with Gasteiger partial charge in [-0.3, -0.25) is 4.90 Å². The first-order valence-electron chi connectivity index (χ1n) is 6.40. The lowest BCUT2D eigenvalue weighted by Gasteiger charge is -2.22. The summed E-state index contributed by atoms with van der Waals surface area (Å²) in [5.41, 5.74) is 2.83. The third-order valence-electron chi connectivity index (χ3n) is 3.15. The van der Waals surface area contributed by atoms with Crippen LogP contribution in [0.4, 0.5) is 0 Å². The molecule has 0 saturated carbocycles. The molecular weight excluding hydrogens is 460 g/mol. The minimum Gasteiger partial charge on any atom is -0.295 e. The molecular formula is C16H17I2N. The Morgan fingerprint density at radius 1 is 0.789 bits per heavy atom. The van der Waals surface area contributed by atoms with Gasteiger partial charge in [-0.2, -0.15) is 0 Å². The maximum atomic E-state index is 2.48. The van der Waals surface area contributed by atoms with Crippen molar-refractivity contribution >= 4 is 45.2 Å². The SMILES string of the molecule is CCN(Cc1ccccc1I)Cc1ccccc1I. The number of halogens is 2. The van der Waals surface area contributed by atoms with Crippen molar-refractivity contribution in [1.29, 1.82) is 0 Å². The van der Waals surface area contributed by atoms with Crippen molar-refractivity contribution in [1.82, 2.24) is 4.90 Å². The van der Waals surface area contributed by atoms with E-state index in [0.29, 0.717) is 0 Å². The van der Waals surface area contributed by atoms with Crippen LogP contribution >= 0.6 is 45.2 Å². The van der Waals surface area contributed by atoms with Gasteiger partial charge in [0.2, 0.25) is 0 Å². The second-order valence-corrected chi connectivity index (χ2v) is 6.81. The van der Waals surface area contributed by atoms with E-state index in [4.69, 9.17) is 0 Å². The molecule has 1 nitrogen and oxygen atoms in total. The van der Waals surface area contributed by atoms with Gasteiger partial charge in [0, 0.05) is 20.2 Å². The van der Waals surface area contributed by atoms with E-state index in [2.05, 4.69) is 106 Å². The first-order chi connectivity index (χ1) is 9.20. The second-order valence-electron chi connectivity index (χ2n) is 4.49. The number of nitrogens with zero attached hydrogens (tertiary/aromatic N) is 1. The molecule has 0 atom stereocenters. The summed E-state index contributed by atoms with van der Waals surface area (Å²) in [6.45, 7) is 5.32. The number of hydrogen-bond donors (Lipinski definition) is 0. The molecule has 0 saturated heterocycles. The van der Waals surface area contributed by atoms with Gasteiger partial charge in [-0.05, 0) is 75.0 Å². The van der Waals surface area contributed by atoms with Crippen molar-refractivity contribution in [2.24, 2.45) is 0 Å². The monoisotopic (exact) mass is 477 g/mol. The highest BCUT2D eigenvalue weighted by Crippen LogP contribution is 2.18. The molecule has 0 fully saturated rings. The van der Waals surface area contributed by atoms with Crippen LogP contribution in [0.5, 0.6) is 0 Å². The molecule has 0 N–H and O–H groups in total. The number of hydrogen-bond acceptors (Lipinski definition) is 1. The molecule has 0 aliphatic heterocycles. The van der Waals surface area contributed by atoms with Crippen molar-refractivity contribution < 1.29 is 0 Å². The third-order valence-corrected chi connectivity index (χ3v) is 5.26. The average Bonchev–Trinajstić information content (AvgIpc) is 2.42. The summed E-state index contributed by atoms with van der Waals surface area (Å²) in [5, 5.41) is 0. The van der Waals surface area contributed by atoms with Crippen LogP contribution in [-0.2, 0) is 13.1 Å². The van der Waals surface area contributed by atoms with Crippen LogP contribution in [0.1, 0.15) is 18.1 Å². The fraction of sp³-hybridized carbons (Fsp3) is 0.250. The van der Waals surface area contributed by atoms with Crippen molar-refractivity contribution in [3.05, 3.63) is 66.8 Å². The maximum Gasteiger partial charge on any atom is 0.0247 e. The quantitative estimate of drug-likeness (QED) is 0.554. The van der Waals surface area contributed by atoms with Crippen LogP contribution in [-0.4, -0.2) is 11.4 Å². The Morgan fingerprint density at radius 2 is 1.21 bits per heavy atom. The minimum atomic E-state index is 1.01. The molecule has 19 heavy (non-hydrogen) atoms. The van der Waals surface area contributed by atoms with Crippen molar-refractivity contribution in [3.63, 3.8) is 0 Å². The van der Waals surface area contributed by atoms with Gasteiger partial charge < -0.3 is 0 Å². The van der Waals surface area contributed by atoms with E-state index in [1.54, 1.807) is 0 Å². The summed E-state index contributed by atoms with van der Waals surface area (Å²) < 4.78 is 2.70. The van der Waals surface area contributed by atoms with Gasteiger partial charge >= 0.3 is 0 Å².